The molecule has 174 valence electrons. The Kier molecular flexibility index (Phi) is 7.41. The Bertz CT molecular complexity index is 1060. The van der Waals surface area contributed by atoms with Gasteiger partial charge in [-0.3, -0.25) is 9.69 Å². The highest BCUT2D eigenvalue weighted by Crippen LogP contribution is 2.52. The second-order valence-electron chi connectivity index (χ2n) is 9.70. The van der Waals surface area contributed by atoms with Crippen LogP contribution < -0.4 is 0 Å². The predicted octanol–water partition coefficient (Wildman–Crippen LogP) is 6.26. The average Bonchev–Trinajstić information content (AvgIpc) is 3.08. The van der Waals surface area contributed by atoms with E-state index in [1.165, 1.54) is 0 Å². The number of nitriles is 1. The summed E-state index contributed by atoms with van der Waals surface area (Å²) >= 11 is 12.5. The number of benzene rings is 2. The molecule has 0 aliphatic carbocycles. The minimum Gasteiger partial charge on any atom is -0.319 e. The van der Waals surface area contributed by atoms with Gasteiger partial charge in [-0.1, -0.05) is 68.2 Å². The smallest absolute Gasteiger partial charge is 0.319 e. The molecule has 0 radical (unpaired) electrons. The third-order valence-electron chi connectivity index (χ3n) is 6.35. The monoisotopic (exact) mass is 485 g/mol. The van der Waals surface area contributed by atoms with Crippen molar-refractivity contribution in [1.29, 1.82) is 5.26 Å². The van der Waals surface area contributed by atoms with E-state index in [0.717, 1.165) is 16.0 Å². The number of amides is 3. The highest BCUT2D eigenvalue weighted by Gasteiger charge is 2.58. The molecule has 0 bridgehead atoms. The summed E-state index contributed by atoms with van der Waals surface area (Å²) in [5.74, 6) is -0.343. The first-order chi connectivity index (χ1) is 15.6. The van der Waals surface area contributed by atoms with Gasteiger partial charge < -0.3 is 4.90 Å². The molecular formula is C26H29Cl2N3O2. The number of carbonyl (C=O) groups excluding carboxylic acids is 2. The summed E-state index contributed by atoms with van der Waals surface area (Å²) in [6.45, 7) is 8.56. The van der Waals surface area contributed by atoms with Gasteiger partial charge in [0.05, 0.1) is 12.1 Å². The molecule has 1 heterocycles. The lowest BCUT2D eigenvalue weighted by Crippen LogP contribution is -2.51. The topological polar surface area (TPSA) is 64.4 Å². The Balaban J connectivity index is 2.29. The largest absolute Gasteiger partial charge is 0.326 e. The van der Waals surface area contributed by atoms with Crippen LogP contribution in [0, 0.1) is 16.7 Å². The summed E-state index contributed by atoms with van der Waals surface area (Å²) in [7, 11) is 0. The average molecular weight is 486 g/mol. The SMILES string of the molecule is CCN(C=O)C(=O)N1C[C@H](c2cccc(Cl)c2)[C@@](C#N)(c2ccc(Cl)cc2)[C@H]1CC(C)(C)C. The van der Waals surface area contributed by atoms with Crippen LogP contribution in [-0.4, -0.2) is 41.4 Å². The lowest BCUT2D eigenvalue weighted by atomic mass is 9.64. The number of halogens is 2. The van der Waals surface area contributed by atoms with E-state index in [1.807, 2.05) is 30.3 Å². The van der Waals surface area contributed by atoms with Crippen molar-refractivity contribution in [2.75, 3.05) is 13.1 Å². The molecular weight excluding hydrogens is 457 g/mol. The Morgan fingerprint density at radius 3 is 2.39 bits per heavy atom. The van der Waals surface area contributed by atoms with E-state index in [9.17, 15) is 14.9 Å². The number of hydrogen-bond donors (Lipinski definition) is 0. The molecule has 2 aromatic rings. The number of nitrogens with zero attached hydrogens (tertiary/aromatic N) is 3. The molecule has 0 N–H and O–H groups in total. The Hall–Kier alpha value is -2.55. The van der Waals surface area contributed by atoms with E-state index in [1.54, 1.807) is 30.0 Å². The quantitative estimate of drug-likeness (QED) is 0.469. The fourth-order valence-electron chi connectivity index (χ4n) is 4.86. The number of carbonyl (C=O) groups is 2. The van der Waals surface area contributed by atoms with Crippen LogP contribution in [-0.2, 0) is 10.2 Å². The number of urea groups is 1. The van der Waals surface area contributed by atoms with Gasteiger partial charge in [0.15, 0.2) is 0 Å². The lowest BCUT2D eigenvalue weighted by Gasteiger charge is -2.39. The molecule has 1 saturated heterocycles. The van der Waals surface area contributed by atoms with Crippen molar-refractivity contribution in [2.45, 2.75) is 51.5 Å². The standard InChI is InChI=1S/C26H29Cl2N3O2/c1-5-30(17-32)24(33)31-15-22(18-7-6-8-21(28)13-18)26(16-29,23(31)14-25(2,3)4)19-9-11-20(27)12-10-19/h6-13,17,22-23H,5,14-15H2,1-4H3/t22-,23-,26-/m1/s1. The van der Waals surface area contributed by atoms with Gasteiger partial charge in [-0.05, 0) is 54.2 Å². The van der Waals surface area contributed by atoms with E-state index in [4.69, 9.17) is 23.2 Å². The normalized spacial score (nSPS) is 22.6. The van der Waals surface area contributed by atoms with E-state index < -0.39 is 11.5 Å². The molecule has 33 heavy (non-hydrogen) atoms. The molecule has 1 fully saturated rings. The van der Waals surface area contributed by atoms with Crippen LogP contribution in [0.2, 0.25) is 10.0 Å². The molecule has 0 saturated carbocycles. The van der Waals surface area contributed by atoms with E-state index in [-0.39, 0.29) is 23.9 Å². The maximum atomic E-state index is 13.5. The first kappa shape index (κ1) is 25.1. The van der Waals surface area contributed by atoms with Gasteiger partial charge >= 0.3 is 6.03 Å². The van der Waals surface area contributed by atoms with Gasteiger partial charge in [0.25, 0.3) is 0 Å². The zero-order valence-corrected chi connectivity index (χ0v) is 20.9. The molecule has 5 nitrogen and oxygen atoms in total. The molecule has 2 aromatic carbocycles. The molecule has 3 amide bonds. The van der Waals surface area contributed by atoms with E-state index in [2.05, 4.69) is 26.8 Å². The number of imide groups is 1. The van der Waals surface area contributed by atoms with Gasteiger partial charge in [-0.2, -0.15) is 5.26 Å². The zero-order chi connectivity index (χ0) is 24.4. The minimum absolute atomic E-state index is 0.181. The summed E-state index contributed by atoms with van der Waals surface area (Å²) < 4.78 is 0. The molecule has 1 aliphatic rings. The van der Waals surface area contributed by atoms with Crippen LogP contribution in [0.1, 0.15) is 51.2 Å². The third kappa shape index (κ3) is 4.88. The van der Waals surface area contributed by atoms with Crippen LogP contribution in [0.5, 0.6) is 0 Å². The Labute approximate surface area is 205 Å². The third-order valence-corrected chi connectivity index (χ3v) is 6.84. The van der Waals surface area contributed by atoms with Crippen LogP contribution >= 0.6 is 23.2 Å². The van der Waals surface area contributed by atoms with Gasteiger partial charge in [-0.15, -0.1) is 0 Å². The van der Waals surface area contributed by atoms with Crippen molar-refractivity contribution in [3.63, 3.8) is 0 Å². The van der Waals surface area contributed by atoms with Crippen LogP contribution in [0.25, 0.3) is 0 Å². The van der Waals surface area contributed by atoms with Crippen molar-refractivity contribution in [2.24, 2.45) is 5.41 Å². The summed E-state index contributed by atoms with van der Waals surface area (Å²) in [5.41, 5.74) is 0.431. The van der Waals surface area contributed by atoms with Crippen LogP contribution in [0.15, 0.2) is 48.5 Å². The molecule has 7 heteroatoms. The number of hydrogen-bond acceptors (Lipinski definition) is 3. The highest BCUT2D eigenvalue weighted by atomic mass is 35.5. The lowest BCUT2D eigenvalue weighted by molar-refractivity contribution is -0.116. The van der Waals surface area contributed by atoms with E-state index >= 15 is 0 Å². The van der Waals surface area contributed by atoms with Crippen molar-refractivity contribution in [3.8, 4) is 6.07 Å². The summed E-state index contributed by atoms with van der Waals surface area (Å²) in [6.07, 6.45) is 1.13. The Morgan fingerprint density at radius 2 is 1.88 bits per heavy atom. The highest BCUT2D eigenvalue weighted by molar-refractivity contribution is 6.30. The second-order valence-corrected chi connectivity index (χ2v) is 10.6. The summed E-state index contributed by atoms with van der Waals surface area (Å²) in [6, 6.07) is 16.5. The van der Waals surface area contributed by atoms with Crippen LogP contribution in [0.3, 0.4) is 0 Å². The second kappa shape index (κ2) is 9.75. The zero-order valence-electron chi connectivity index (χ0n) is 19.4. The first-order valence-corrected chi connectivity index (χ1v) is 11.8. The Morgan fingerprint density at radius 1 is 1.21 bits per heavy atom. The van der Waals surface area contributed by atoms with Crippen molar-refractivity contribution in [3.05, 3.63) is 69.7 Å². The number of likely N-dealkylation sites (tertiary alicyclic amines) is 1. The fourth-order valence-corrected chi connectivity index (χ4v) is 5.18. The molecule has 1 aliphatic heterocycles. The molecule has 3 atom stereocenters. The van der Waals surface area contributed by atoms with E-state index in [0.29, 0.717) is 29.4 Å². The molecule has 0 unspecified atom stereocenters. The molecule has 3 rings (SSSR count). The van der Waals surface area contributed by atoms with Crippen molar-refractivity contribution < 1.29 is 9.59 Å². The number of rotatable bonds is 5. The maximum absolute atomic E-state index is 13.5. The summed E-state index contributed by atoms with van der Waals surface area (Å²) in [5, 5.41) is 12.0. The van der Waals surface area contributed by atoms with Gasteiger partial charge in [0, 0.05) is 29.1 Å². The first-order valence-electron chi connectivity index (χ1n) is 11.0. The van der Waals surface area contributed by atoms with Gasteiger partial charge in [0.2, 0.25) is 6.41 Å². The summed E-state index contributed by atoms with van der Waals surface area (Å²) in [4.78, 5) is 28.0. The van der Waals surface area contributed by atoms with Crippen molar-refractivity contribution in [1.82, 2.24) is 9.80 Å². The molecule has 0 spiro atoms. The maximum Gasteiger partial charge on any atom is 0.326 e. The molecule has 0 aromatic heterocycles. The van der Waals surface area contributed by atoms with Crippen LogP contribution in [0.4, 0.5) is 4.79 Å². The van der Waals surface area contributed by atoms with Gasteiger partial charge in [0.1, 0.15) is 5.41 Å². The fraction of sp³-hybridized carbons (Fsp3) is 0.423. The van der Waals surface area contributed by atoms with Gasteiger partial charge in [-0.25, -0.2) is 4.79 Å². The predicted molar refractivity (Wildman–Crippen MR) is 131 cm³/mol. The minimum atomic E-state index is -1.06. The van der Waals surface area contributed by atoms with Crippen molar-refractivity contribution >= 4 is 35.6 Å².